The van der Waals surface area contributed by atoms with Gasteiger partial charge in [-0.1, -0.05) is 163 Å². The summed E-state index contributed by atoms with van der Waals surface area (Å²) in [5.41, 5.74) is 13.6. The molecule has 3 heterocycles. The monoisotopic (exact) mass is 940 g/mol. The predicted molar refractivity (Wildman–Crippen MR) is 290 cm³/mol. The highest BCUT2D eigenvalue weighted by Gasteiger charge is 2.58. The first-order valence-electron chi connectivity index (χ1n) is 25.8. The number of benzene rings is 8. The van der Waals surface area contributed by atoms with Crippen molar-refractivity contribution < 1.29 is 8.78 Å². The third-order valence-electron chi connectivity index (χ3n) is 17.2. The maximum Gasteiger partial charge on any atom is 0.298 e. The van der Waals surface area contributed by atoms with Crippen molar-refractivity contribution in [2.75, 3.05) is 16.5 Å². The van der Waals surface area contributed by atoms with Crippen molar-refractivity contribution in [2.45, 2.75) is 50.4 Å². The highest BCUT2D eigenvalue weighted by molar-refractivity contribution is 6.09. The third-order valence-corrected chi connectivity index (χ3v) is 17.2. The van der Waals surface area contributed by atoms with E-state index in [0.717, 1.165) is 78.8 Å². The maximum absolute atomic E-state index is 17.7. The van der Waals surface area contributed by atoms with E-state index in [4.69, 9.17) is 4.98 Å². The number of halogens is 2. The standard InChI is InChI=1S/C66H54F2N4/c1-43-26-28-48(29-27-43)65(52-35-44-34-45(37-52)38-53(65)36-44)49-32-33-69-63(41-49)72-59-23-9-8-20-57(59)58-31-30-51(40-62(58)72)66(67,68)50-18-12-19-54(39-50)70-42-71(61-25-11-10-24-60(61)70)64-55(46-14-4-2-5-15-46)21-13-22-56(64)47-16-6-3-7-17-47/h2-33,39-41,44-45,52-53H,34-38,42H2,1H3. The quantitative estimate of drug-likeness (QED) is 0.144. The molecule has 0 radical (unpaired) electrons. The van der Waals surface area contributed by atoms with Crippen LogP contribution in [-0.4, -0.2) is 16.2 Å². The molecular formula is C66H54F2N4. The Kier molecular flexibility index (Phi) is 9.93. The summed E-state index contributed by atoms with van der Waals surface area (Å²) in [5.74, 6) is 0.169. The van der Waals surface area contributed by atoms with Gasteiger partial charge in [0.2, 0.25) is 0 Å². The van der Waals surface area contributed by atoms with E-state index in [2.05, 4.69) is 155 Å². The second-order valence-corrected chi connectivity index (χ2v) is 21.1. The number of nitrogens with zero attached hydrogens (tertiary/aromatic N) is 4. The van der Waals surface area contributed by atoms with Crippen molar-refractivity contribution in [1.29, 1.82) is 0 Å². The highest BCUT2D eigenvalue weighted by Crippen LogP contribution is 2.65. The molecule has 4 fully saturated rings. The summed E-state index contributed by atoms with van der Waals surface area (Å²) in [6.07, 6.45) is 8.38. The van der Waals surface area contributed by atoms with E-state index in [1.807, 2.05) is 48.7 Å². The third kappa shape index (κ3) is 6.64. The van der Waals surface area contributed by atoms with Gasteiger partial charge in [-0.15, -0.1) is 0 Å². The molecule has 10 aromatic rings. The summed E-state index contributed by atoms with van der Waals surface area (Å²) in [4.78, 5) is 9.60. The van der Waals surface area contributed by atoms with Crippen LogP contribution in [0.5, 0.6) is 0 Å². The van der Waals surface area contributed by atoms with Gasteiger partial charge in [0, 0.05) is 50.3 Å². The number of fused-ring (bicyclic) bond motifs is 4. The maximum atomic E-state index is 17.7. The molecule has 4 saturated carbocycles. The summed E-state index contributed by atoms with van der Waals surface area (Å²) in [5, 5.41) is 1.94. The fraction of sp³-hybridized carbons (Fsp3) is 0.197. The lowest BCUT2D eigenvalue weighted by molar-refractivity contribution is -0.0418. The van der Waals surface area contributed by atoms with E-state index in [-0.39, 0.29) is 16.5 Å². The average Bonchev–Trinajstić information content (AvgIpc) is 3.98. The Morgan fingerprint density at radius 3 is 1.79 bits per heavy atom. The van der Waals surface area contributed by atoms with Gasteiger partial charge in [-0.05, 0) is 133 Å². The minimum atomic E-state index is -3.32. The number of para-hydroxylation sites is 4. The highest BCUT2D eigenvalue weighted by atomic mass is 19.3. The van der Waals surface area contributed by atoms with E-state index in [9.17, 15) is 0 Å². The molecule has 0 unspecified atom stereocenters. The fourth-order valence-electron chi connectivity index (χ4n) is 14.3. The van der Waals surface area contributed by atoms with Crippen molar-refractivity contribution in [3.8, 4) is 28.1 Å². The van der Waals surface area contributed by atoms with Gasteiger partial charge in [0.25, 0.3) is 5.92 Å². The van der Waals surface area contributed by atoms with Crippen LogP contribution in [0.2, 0.25) is 0 Å². The van der Waals surface area contributed by atoms with Gasteiger partial charge in [0.1, 0.15) is 12.5 Å². The molecule has 72 heavy (non-hydrogen) atoms. The molecule has 0 saturated heterocycles. The van der Waals surface area contributed by atoms with Crippen LogP contribution in [0.3, 0.4) is 0 Å². The Balaban J connectivity index is 0.860. The van der Waals surface area contributed by atoms with Crippen molar-refractivity contribution >= 4 is 44.6 Å². The van der Waals surface area contributed by atoms with Crippen LogP contribution >= 0.6 is 0 Å². The molecule has 0 atom stereocenters. The SMILES string of the molecule is Cc1ccc(C2(c3ccnc(-n4c5ccccc5c5ccc(C(F)(F)c6cccc(N7CN(c8c(-c9ccccc9)cccc8-c8ccccc8)c8ccccc87)c6)cc54)c3)C3CC4CC(C3)CC2C4)cc1. The van der Waals surface area contributed by atoms with E-state index in [1.54, 1.807) is 30.3 Å². The number of hydrogen-bond donors (Lipinski definition) is 0. The molecule has 6 heteroatoms. The van der Waals surface area contributed by atoms with Crippen LogP contribution in [0.15, 0.2) is 212 Å². The molecule has 4 bridgehead atoms. The Morgan fingerprint density at radius 1 is 0.500 bits per heavy atom. The second-order valence-electron chi connectivity index (χ2n) is 21.1. The van der Waals surface area contributed by atoms with Gasteiger partial charge in [-0.25, -0.2) is 4.98 Å². The summed E-state index contributed by atoms with van der Waals surface area (Å²) >= 11 is 0. The van der Waals surface area contributed by atoms with E-state index in [0.29, 0.717) is 24.2 Å². The smallest absolute Gasteiger partial charge is 0.298 e. The van der Waals surface area contributed by atoms with Gasteiger partial charge in [-0.3, -0.25) is 4.57 Å². The van der Waals surface area contributed by atoms with Crippen LogP contribution in [0.25, 0.3) is 49.9 Å². The first kappa shape index (κ1) is 43.0. The summed E-state index contributed by atoms with van der Waals surface area (Å²) < 4.78 is 37.5. The molecule has 1 aliphatic heterocycles. The average molecular weight is 941 g/mol. The van der Waals surface area contributed by atoms with Crippen molar-refractivity contribution in [3.63, 3.8) is 0 Å². The molecule has 0 N–H and O–H groups in total. The molecule has 0 amide bonds. The Bertz CT molecular complexity index is 3610. The van der Waals surface area contributed by atoms with E-state index in [1.165, 1.54) is 48.8 Å². The van der Waals surface area contributed by atoms with E-state index < -0.39 is 5.92 Å². The zero-order valence-electron chi connectivity index (χ0n) is 40.3. The Labute approximate surface area is 419 Å². The molecule has 5 aliphatic rings. The number of aromatic nitrogens is 2. The summed E-state index contributed by atoms with van der Waals surface area (Å²) in [7, 11) is 0. The largest absolute Gasteiger partial charge is 0.321 e. The lowest BCUT2D eigenvalue weighted by atomic mass is 9.42. The predicted octanol–water partition coefficient (Wildman–Crippen LogP) is 17.0. The molecule has 8 aromatic carbocycles. The van der Waals surface area contributed by atoms with Crippen molar-refractivity contribution in [3.05, 3.63) is 240 Å². The van der Waals surface area contributed by atoms with Gasteiger partial charge in [-0.2, -0.15) is 8.78 Å². The number of aryl methyl sites for hydroxylation is 1. The van der Waals surface area contributed by atoms with Gasteiger partial charge in [0.15, 0.2) is 0 Å². The minimum Gasteiger partial charge on any atom is -0.321 e. The first-order chi connectivity index (χ1) is 35.3. The summed E-state index contributed by atoms with van der Waals surface area (Å²) in [6, 6.07) is 70.1. The fourth-order valence-corrected chi connectivity index (χ4v) is 14.3. The van der Waals surface area contributed by atoms with Gasteiger partial charge < -0.3 is 9.80 Å². The summed E-state index contributed by atoms with van der Waals surface area (Å²) in [6.45, 7) is 2.60. The van der Waals surface area contributed by atoms with Crippen molar-refractivity contribution in [2.24, 2.45) is 23.7 Å². The number of pyridine rings is 1. The number of rotatable bonds is 9. The minimum absolute atomic E-state index is 0.0581. The first-order valence-corrected chi connectivity index (χ1v) is 25.8. The molecule has 352 valence electrons. The Morgan fingerprint density at radius 2 is 1.10 bits per heavy atom. The van der Waals surface area contributed by atoms with Crippen LogP contribution in [0, 0.1) is 30.6 Å². The van der Waals surface area contributed by atoms with Crippen LogP contribution in [0.4, 0.5) is 31.5 Å². The number of anilines is 4. The molecule has 4 nitrogen and oxygen atoms in total. The van der Waals surface area contributed by atoms with Crippen LogP contribution in [0.1, 0.15) is 59.9 Å². The second kappa shape index (κ2) is 16.6. The van der Waals surface area contributed by atoms with Crippen molar-refractivity contribution in [1.82, 2.24) is 9.55 Å². The lowest BCUT2D eigenvalue weighted by Gasteiger charge is -2.62. The van der Waals surface area contributed by atoms with Crippen LogP contribution < -0.4 is 9.80 Å². The Hall–Kier alpha value is -7.83. The normalized spacial score (nSPS) is 21.2. The number of alkyl halides is 2. The molecule has 0 spiro atoms. The molecule has 2 aromatic heterocycles. The molecular weight excluding hydrogens is 887 g/mol. The topological polar surface area (TPSA) is 24.3 Å². The van der Waals surface area contributed by atoms with Crippen LogP contribution in [-0.2, 0) is 11.3 Å². The molecule has 4 aliphatic carbocycles. The van der Waals surface area contributed by atoms with E-state index >= 15 is 8.78 Å². The zero-order valence-corrected chi connectivity index (χ0v) is 40.3. The van der Waals surface area contributed by atoms with Gasteiger partial charge >= 0.3 is 0 Å². The van der Waals surface area contributed by atoms with Gasteiger partial charge in [0.05, 0.1) is 28.1 Å². The zero-order chi connectivity index (χ0) is 48.1. The number of hydrogen-bond acceptors (Lipinski definition) is 3. The molecule has 15 rings (SSSR count). The lowest BCUT2D eigenvalue weighted by Crippen LogP contribution is -2.56.